The molecule has 0 spiro atoms. The van der Waals surface area contributed by atoms with Crippen LogP contribution < -0.4 is 0 Å². The molecule has 2 bridgehead atoms. The molecular weight excluding hydrogens is 288 g/mol. The SMILES string of the molecule is CC(=O)OC1CC/C=C\CCC(OC(C)=O)C2CCC1S2. The van der Waals surface area contributed by atoms with Crippen LogP contribution in [0.2, 0.25) is 0 Å². The highest BCUT2D eigenvalue weighted by Crippen LogP contribution is 2.41. The molecule has 118 valence electrons. The molecule has 0 aromatic carbocycles. The van der Waals surface area contributed by atoms with Crippen LogP contribution in [-0.2, 0) is 19.1 Å². The smallest absolute Gasteiger partial charge is 0.302 e. The Kier molecular flexibility index (Phi) is 6.15. The number of ether oxygens (including phenoxy) is 2. The predicted octanol–water partition coefficient (Wildman–Crippen LogP) is 3.24. The van der Waals surface area contributed by atoms with Crippen molar-refractivity contribution in [3.63, 3.8) is 0 Å². The maximum Gasteiger partial charge on any atom is 0.302 e. The number of hydrogen-bond donors (Lipinski definition) is 0. The van der Waals surface area contributed by atoms with E-state index in [1.165, 1.54) is 13.8 Å². The van der Waals surface area contributed by atoms with Crippen LogP contribution in [-0.4, -0.2) is 34.6 Å². The molecule has 4 atom stereocenters. The molecule has 1 fully saturated rings. The molecule has 0 aromatic rings. The standard InChI is InChI=1S/C16H24O4S/c1-11(17)19-13-7-5-3-4-6-8-14(20-12(2)18)16-10-9-15(13)21-16/h3-4,13-16H,5-10H2,1-2H3/b4-3-. The zero-order valence-corrected chi connectivity index (χ0v) is 13.6. The summed E-state index contributed by atoms with van der Waals surface area (Å²) in [5, 5.41) is 0.645. The van der Waals surface area contributed by atoms with Gasteiger partial charge in [0.2, 0.25) is 0 Å². The van der Waals surface area contributed by atoms with Gasteiger partial charge in [0.1, 0.15) is 12.2 Å². The molecule has 0 N–H and O–H groups in total. The highest BCUT2D eigenvalue weighted by molar-refractivity contribution is 8.00. The number of allylic oxidation sites excluding steroid dienone is 2. The summed E-state index contributed by atoms with van der Waals surface area (Å²) in [7, 11) is 0. The van der Waals surface area contributed by atoms with E-state index in [-0.39, 0.29) is 24.1 Å². The minimum Gasteiger partial charge on any atom is -0.461 e. The van der Waals surface area contributed by atoms with Crippen molar-refractivity contribution in [2.45, 2.75) is 75.1 Å². The fourth-order valence-corrected chi connectivity index (χ4v) is 4.79. The largest absolute Gasteiger partial charge is 0.461 e. The number of esters is 2. The first-order valence-corrected chi connectivity index (χ1v) is 8.65. The zero-order chi connectivity index (χ0) is 15.2. The average Bonchev–Trinajstić information content (AvgIpc) is 2.86. The third kappa shape index (κ3) is 5.06. The zero-order valence-electron chi connectivity index (χ0n) is 12.7. The average molecular weight is 312 g/mol. The third-order valence-electron chi connectivity index (χ3n) is 3.95. The van der Waals surface area contributed by atoms with Crippen molar-refractivity contribution in [3.05, 3.63) is 12.2 Å². The van der Waals surface area contributed by atoms with Gasteiger partial charge in [-0.2, -0.15) is 0 Å². The second-order valence-corrected chi connectivity index (χ2v) is 7.20. The minimum atomic E-state index is -0.209. The number of fused-ring (bicyclic) bond motifs is 2. The summed E-state index contributed by atoms with van der Waals surface area (Å²) in [5.41, 5.74) is 0. The Labute approximate surface area is 130 Å². The third-order valence-corrected chi connectivity index (χ3v) is 5.73. The van der Waals surface area contributed by atoms with Gasteiger partial charge in [-0.3, -0.25) is 9.59 Å². The highest BCUT2D eigenvalue weighted by Gasteiger charge is 2.37. The van der Waals surface area contributed by atoms with Crippen LogP contribution in [0.5, 0.6) is 0 Å². The maximum absolute atomic E-state index is 11.3. The van der Waals surface area contributed by atoms with E-state index in [9.17, 15) is 9.59 Å². The van der Waals surface area contributed by atoms with Crippen LogP contribution in [0.25, 0.3) is 0 Å². The quantitative estimate of drug-likeness (QED) is 0.579. The number of rotatable bonds is 2. The fraction of sp³-hybridized carbons (Fsp3) is 0.750. The first kappa shape index (κ1) is 16.4. The van der Waals surface area contributed by atoms with Crippen LogP contribution in [0.3, 0.4) is 0 Å². The van der Waals surface area contributed by atoms with Crippen molar-refractivity contribution < 1.29 is 19.1 Å². The van der Waals surface area contributed by atoms with Crippen molar-refractivity contribution in [2.24, 2.45) is 0 Å². The molecule has 0 aliphatic carbocycles. The summed E-state index contributed by atoms with van der Waals surface area (Å²) in [6.07, 6.45) is 9.88. The summed E-state index contributed by atoms with van der Waals surface area (Å²) in [5.74, 6) is -0.418. The minimum absolute atomic E-state index is 0.0294. The summed E-state index contributed by atoms with van der Waals surface area (Å²) in [6, 6.07) is 0. The molecule has 2 heterocycles. The maximum atomic E-state index is 11.3. The summed E-state index contributed by atoms with van der Waals surface area (Å²) in [4.78, 5) is 22.6. The lowest BCUT2D eigenvalue weighted by molar-refractivity contribution is -0.147. The lowest BCUT2D eigenvalue weighted by atomic mass is 10.0. The van der Waals surface area contributed by atoms with E-state index in [0.29, 0.717) is 10.5 Å². The first-order valence-electron chi connectivity index (χ1n) is 7.71. The van der Waals surface area contributed by atoms with Gasteiger partial charge < -0.3 is 9.47 Å². The van der Waals surface area contributed by atoms with Crippen molar-refractivity contribution in [1.29, 1.82) is 0 Å². The van der Waals surface area contributed by atoms with Crippen LogP contribution >= 0.6 is 11.8 Å². The van der Waals surface area contributed by atoms with Gasteiger partial charge in [-0.1, -0.05) is 12.2 Å². The number of thioether (sulfide) groups is 1. The molecule has 1 saturated heterocycles. The topological polar surface area (TPSA) is 52.6 Å². The Hall–Kier alpha value is -0.970. The van der Waals surface area contributed by atoms with Crippen molar-refractivity contribution in [1.82, 2.24) is 0 Å². The molecule has 2 aliphatic rings. The molecule has 0 aromatic heterocycles. The van der Waals surface area contributed by atoms with E-state index >= 15 is 0 Å². The monoisotopic (exact) mass is 312 g/mol. The van der Waals surface area contributed by atoms with Gasteiger partial charge in [0.05, 0.1) is 0 Å². The van der Waals surface area contributed by atoms with Crippen LogP contribution in [0.15, 0.2) is 12.2 Å². The fourth-order valence-electron chi connectivity index (χ4n) is 3.06. The number of carbonyl (C=O) groups is 2. The lowest BCUT2D eigenvalue weighted by Crippen LogP contribution is -2.29. The van der Waals surface area contributed by atoms with E-state index in [4.69, 9.17) is 9.47 Å². The second-order valence-electron chi connectivity index (χ2n) is 5.71. The van der Waals surface area contributed by atoms with Gasteiger partial charge in [-0.15, -0.1) is 11.8 Å². The van der Waals surface area contributed by atoms with E-state index in [1.807, 2.05) is 11.8 Å². The summed E-state index contributed by atoms with van der Waals surface area (Å²) in [6.45, 7) is 2.94. The van der Waals surface area contributed by atoms with Crippen molar-refractivity contribution in [2.75, 3.05) is 0 Å². The van der Waals surface area contributed by atoms with Gasteiger partial charge in [-0.25, -0.2) is 0 Å². The molecule has 21 heavy (non-hydrogen) atoms. The Morgan fingerprint density at radius 1 is 0.857 bits per heavy atom. The molecule has 2 aliphatic heterocycles. The Morgan fingerprint density at radius 3 is 1.67 bits per heavy atom. The van der Waals surface area contributed by atoms with E-state index in [0.717, 1.165) is 38.5 Å². The van der Waals surface area contributed by atoms with Crippen molar-refractivity contribution in [3.8, 4) is 0 Å². The summed E-state index contributed by atoms with van der Waals surface area (Å²) < 4.78 is 11.0. The Morgan fingerprint density at radius 2 is 1.29 bits per heavy atom. The normalized spacial score (nSPS) is 34.6. The first-order chi connectivity index (χ1) is 10.1. The second kappa shape index (κ2) is 7.87. The number of hydrogen-bond acceptors (Lipinski definition) is 5. The van der Waals surface area contributed by atoms with E-state index in [2.05, 4.69) is 12.2 Å². The molecule has 4 unspecified atom stereocenters. The Bertz CT molecular complexity index is 371. The molecule has 0 amide bonds. The van der Waals surface area contributed by atoms with Gasteiger partial charge in [0.25, 0.3) is 0 Å². The van der Waals surface area contributed by atoms with Gasteiger partial charge in [0, 0.05) is 24.3 Å². The molecule has 2 rings (SSSR count). The van der Waals surface area contributed by atoms with E-state index < -0.39 is 0 Å². The highest BCUT2D eigenvalue weighted by atomic mass is 32.2. The van der Waals surface area contributed by atoms with Gasteiger partial charge in [0.15, 0.2) is 0 Å². The van der Waals surface area contributed by atoms with Crippen LogP contribution in [0.4, 0.5) is 0 Å². The molecular formula is C16H24O4S. The van der Waals surface area contributed by atoms with Gasteiger partial charge >= 0.3 is 11.9 Å². The summed E-state index contributed by atoms with van der Waals surface area (Å²) >= 11 is 1.84. The molecule has 5 heteroatoms. The van der Waals surface area contributed by atoms with Crippen LogP contribution in [0, 0.1) is 0 Å². The predicted molar refractivity (Wildman–Crippen MR) is 83.1 cm³/mol. The molecule has 0 saturated carbocycles. The van der Waals surface area contributed by atoms with Crippen LogP contribution in [0.1, 0.15) is 52.4 Å². The van der Waals surface area contributed by atoms with Gasteiger partial charge in [-0.05, 0) is 38.5 Å². The van der Waals surface area contributed by atoms with Crippen molar-refractivity contribution >= 4 is 23.7 Å². The Balaban J connectivity index is 2.07. The van der Waals surface area contributed by atoms with E-state index in [1.54, 1.807) is 0 Å². The molecule has 0 radical (unpaired) electrons. The molecule has 4 nitrogen and oxygen atoms in total. The number of carbonyl (C=O) groups excluding carboxylic acids is 2. The lowest BCUT2D eigenvalue weighted by Gasteiger charge is -2.25.